The highest BCUT2D eigenvalue weighted by atomic mass is 16.5. The number of hydrogen-bond acceptors (Lipinski definition) is 5. The fourth-order valence-corrected chi connectivity index (χ4v) is 3.55. The van der Waals surface area contributed by atoms with Gasteiger partial charge in [0.1, 0.15) is 11.6 Å². The van der Waals surface area contributed by atoms with Crippen molar-refractivity contribution in [1.29, 1.82) is 0 Å². The number of benzene rings is 1. The van der Waals surface area contributed by atoms with Gasteiger partial charge in [0.05, 0.1) is 12.7 Å². The van der Waals surface area contributed by atoms with Gasteiger partial charge in [-0.3, -0.25) is 9.59 Å². The minimum atomic E-state index is -0.530. The third kappa shape index (κ3) is 3.56. The minimum Gasteiger partial charge on any atom is -0.496 e. The predicted molar refractivity (Wildman–Crippen MR) is 100 cm³/mol. The van der Waals surface area contributed by atoms with E-state index < -0.39 is 5.91 Å². The average Bonchev–Trinajstić information content (AvgIpc) is 3.00. The third-order valence-electron chi connectivity index (χ3n) is 4.99. The molecule has 0 saturated carbocycles. The largest absolute Gasteiger partial charge is 0.496 e. The highest BCUT2D eigenvalue weighted by molar-refractivity contribution is 6.03. The first kappa shape index (κ1) is 18.0. The number of pyridine rings is 1. The van der Waals surface area contributed by atoms with Crippen molar-refractivity contribution in [3.8, 4) is 5.75 Å². The van der Waals surface area contributed by atoms with Gasteiger partial charge in [0.15, 0.2) is 0 Å². The summed E-state index contributed by atoms with van der Waals surface area (Å²) in [4.78, 5) is 27.6. The number of anilines is 1. The van der Waals surface area contributed by atoms with Crippen molar-refractivity contribution >= 4 is 28.4 Å². The van der Waals surface area contributed by atoms with Gasteiger partial charge in [-0.1, -0.05) is 13.3 Å². The fraction of sp³-hybridized carbons (Fsp3) is 0.421. The Bertz CT molecular complexity index is 837. The standard InChI is InChI=1S/C19H24N4O3/c1-3-11-9-17(24)23-15(11)5-7-22-19-13-10-16(26-2)14(18(20)25)8-12(13)4-6-21-19/h4,6,8,10-11,15H,3,5,7,9H2,1-2H3,(H2,20,25)(H,21,22)(H,23,24)/t11-,15-/m1/s1. The van der Waals surface area contributed by atoms with E-state index in [0.717, 1.165) is 23.6 Å². The first-order valence-corrected chi connectivity index (χ1v) is 8.83. The van der Waals surface area contributed by atoms with E-state index >= 15 is 0 Å². The number of carbonyl (C=O) groups is 2. The molecule has 0 aliphatic carbocycles. The zero-order chi connectivity index (χ0) is 18.7. The highest BCUT2D eigenvalue weighted by Gasteiger charge is 2.30. The summed E-state index contributed by atoms with van der Waals surface area (Å²) in [5, 5.41) is 8.10. The zero-order valence-corrected chi connectivity index (χ0v) is 15.0. The summed E-state index contributed by atoms with van der Waals surface area (Å²) >= 11 is 0. The molecule has 1 aromatic carbocycles. The van der Waals surface area contributed by atoms with Gasteiger partial charge < -0.3 is 21.1 Å². The molecule has 7 nitrogen and oxygen atoms in total. The van der Waals surface area contributed by atoms with Crippen LogP contribution < -0.4 is 21.1 Å². The van der Waals surface area contributed by atoms with E-state index in [0.29, 0.717) is 36.0 Å². The van der Waals surface area contributed by atoms with Crippen LogP contribution in [-0.4, -0.2) is 36.5 Å². The van der Waals surface area contributed by atoms with Crippen LogP contribution >= 0.6 is 0 Å². The Balaban J connectivity index is 1.78. The van der Waals surface area contributed by atoms with Gasteiger partial charge in [0.2, 0.25) is 5.91 Å². The van der Waals surface area contributed by atoms with E-state index in [1.54, 1.807) is 18.3 Å². The minimum absolute atomic E-state index is 0.133. The number of primary amides is 1. The van der Waals surface area contributed by atoms with Gasteiger partial charge in [0, 0.05) is 30.6 Å². The second-order valence-corrected chi connectivity index (χ2v) is 6.56. The maximum absolute atomic E-state index is 11.6. The molecule has 2 heterocycles. The van der Waals surface area contributed by atoms with E-state index in [-0.39, 0.29) is 11.9 Å². The topological polar surface area (TPSA) is 106 Å². The van der Waals surface area contributed by atoms with Crippen molar-refractivity contribution in [1.82, 2.24) is 10.3 Å². The summed E-state index contributed by atoms with van der Waals surface area (Å²) in [7, 11) is 1.50. The molecule has 0 radical (unpaired) electrons. The van der Waals surface area contributed by atoms with Crippen molar-refractivity contribution < 1.29 is 14.3 Å². The van der Waals surface area contributed by atoms with Gasteiger partial charge >= 0.3 is 0 Å². The Hall–Kier alpha value is -2.83. The second kappa shape index (κ2) is 7.59. The highest BCUT2D eigenvalue weighted by Crippen LogP contribution is 2.29. The van der Waals surface area contributed by atoms with Crippen LogP contribution in [-0.2, 0) is 4.79 Å². The molecule has 0 bridgehead atoms. The summed E-state index contributed by atoms with van der Waals surface area (Å²) in [5.74, 6) is 1.14. The Labute approximate surface area is 152 Å². The van der Waals surface area contributed by atoms with Gasteiger partial charge in [-0.25, -0.2) is 4.98 Å². The summed E-state index contributed by atoms with van der Waals surface area (Å²) in [6.45, 7) is 2.80. The van der Waals surface area contributed by atoms with E-state index in [4.69, 9.17) is 10.5 Å². The number of amides is 2. The van der Waals surface area contributed by atoms with Crippen molar-refractivity contribution in [3.05, 3.63) is 30.0 Å². The summed E-state index contributed by atoms with van der Waals surface area (Å²) < 4.78 is 5.29. The Morgan fingerprint density at radius 1 is 1.46 bits per heavy atom. The number of methoxy groups -OCH3 is 1. The van der Waals surface area contributed by atoms with Crippen LogP contribution in [0.3, 0.4) is 0 Å². The second-order valence-electron chi connectivity index (χ2n) is 6.56. The van der Waals surface area contributed by atoms with Crippen LogP contribution in [0, 0.1) is 5.92 Å². The number of carbonyl (C=O) groups excluding carboxylic acids is 2. The van der Waals surface area contributed by atoms with E-state index in [1.807, 2.05) is 6.07 Å². The molecule has 1 fully saturated rings. The summed E-state index contributed by atoms with van der Waals surface area (Å²) in [5.41, 5.74) is 5.77. The van der Waals surface area contributed by atoms with Crippen LogP contribution in [0.15, 0.2) is 24.4 Å². The maximum atomic E-state index is 11.6. The van der Waals surface area contributed by atoms with Crippen LogP contribution in [0.1, 0.15) is 36.5 Å². The van der Waals surface area contributed by atoms with E-state index in [9.17, 15) is 9.59 Å². The number of rotatable bonds is 7. The van der Waals surface area contributed by atoms with Gasteiger partial charge in [0.25, 0.3) is 5.91 Å². The third-order valence-corrected chi connectivity index (χ3v) is 4.99. The molecule has 1 saturated heterocycles. The van der Waals surface area contributed by atoms with Crippen molar-refractivity contribution in [2.75, 3.05) is 19.0 Å². The fourth-order valence-electron chi connectivity index (χ4n) is 3.55. The summed E-state index contributed by atoms with van der Waals surface area (Å²) in [6.07, 6.45) is 4.12. The molecule has 2 amide bonds. The van der Waals surface area contributed by atoms with Crippen molar-refractivity contribution in [3.63, 3.8) is 0 Å². The molecule has 1 aliphatic rings. The smallest absolute Gasteiger partial charge is 0.252 e. The van der Waals surface area contributed by atoms with Crippen LogP contribution in [0.5, 0.6) is 5.75 Å². The predicted octanol–water partition coefficient (Wildman–Crippen LogP) is 2.06. The lowest BCUT2D eigenvalue weighted by Crippen LogP contribution is -2.31. The molecule has 0 spiro atoms. The first-order valence-electron chi connectivity index (χ1n) is 8.83. The van der Waals surface area contributed by atoms with E-state index in [1.165, 1.54) is 7.11 Å². The number of fused-ring (bicyclic) bond motifs is 1. The van der Waals surface area contributed by atoms with Crippen LogP contribution in [0.4, 0.5) is 5.82 Å². The SMILES string of the molecule is CC[C@@H]1CC(=O)N[C@@H]1CCNc1nccc2cc(C(N)=O)c(OC)cc12. The lowest BCUT2D eigenvalue weighted by molar-refractivity contribution is -0.119. The molecule has 4 N–H and O–H groups in total. The maximum Gasteiger partial charge on any atom is 0.252 e. The molecule has 26 heavy (non-hydrogen) atoms. The van der Waals surface area contributed by atoms with Gasteiger partial charge in [-0.15, -0.1) is 0 Å². The van der Waals surface area contributed by atoms with Crippen molar-refractivity contribution in [2.45, 2.75) is 32.2 Å². The molecular formula is C19H24N4O3. The average molecular weight is 356 g/mol. The van der Waals surface area contributed by atoms with Crippen LogP contribution in [0.25, 0.3) is 10.8 Å². The molecule has 3 rings (SSSR count). The number of hydrogen-bond donors (Lipinski definition) is 3. The van der Waals surface area contributed by atoms with E-state index in [2.05, 4.69) is 22.5 Å². The Kier molecular flexibility index (Phi) is 5.25. The Morgan fingerprint density at radius 2 is 2.27 bits per heavy atom. The number of aromatic nitrogens is 1. The number of nitrogens with one attached hydrogen (secondary N) is 2. The summed E-state index contributed by atoms with van der Waals surface area (Å²) in [6, 6.07) is 5.52. The quantitative estimate of drug-likeness (QED) is 0.704. The molecule has 138 valence electrons. The van der Waals surface area contributed by atoms with Gasteiger partial charge in [-0.2, -0.15) is 0 Å². The number of ether oxygens (including phenoxy) is 1. The lowest BCUT2D eigenvalue weighted by atomic mass is 9.95. The molecule has 1 aliphatic heterocycles. The zero-order valence-electron chi connectivity index (χ0n) is 15.0. The number of nitrogens with zero attached hydrogens (tertiary/aromatic N) is 1. The molecule has 1 aromatic heterocycles. The van der Waals surface area contributed by atoms with Gasteiger partial charge in [-0.05, 0) is 35.9 Å². The molecule has 0 unspecified atom stereocenters. The monoisotopic (exact) mass is 356 g/mol. The molecule has 2 atom stereocenters. The van der Waals surface area contributed by atoms with Crippen molar-refractivity contribution in [2.24, 2.45) is 11.7 Å². The normalized spacial score (nSPS) is 19.4. The Morgan fingerprint density at radius 3 is 2.96 bits per heavy atom. The first-order chi connectivity index (χ1) is 12.5. The molecular weight excluding hydrogens is 332 g/mol. The lowest BCUT2D eigenvalue weighted by Gasteiger charge is -2.18. The molecule has 7 heteroatoms. The van der Waals surface area contributed by atoms with Crippen LogP contribution in [0.2, 0.25) is 0 Å². The number of nitrogens with two attached hydrogens (primary N) is 1. The molecule has 2 aromatic rings.